The first-order valence-corrected chi connectivity index (χ1v) is 2.27. The van der Waals surface area contributed by atoms with E-state index < -0.39 is 0 Å². The molecule has 1 heteroatoms. The Balaban J connectivity index is 3.25. The third-order valence-corrected chi connectivity index (χ3v) is 0.458. The van der Waals surface area contributed by atoms with Gasteiger partial charge in [0.25, 0.3) is 0 Å². The van der Waals surface area contributed by atoms with Gasteiger partial charge in [0, 0.05) is 18.7 Å². The second kappa shape index (κ2) is 5.10. The lowest BCUT2D eigenvalue weighted by Gasteiger charge is -1.64. The van der Waals surface area contributed by atoms with Crippen LogP contribution in [0.25, 0.3) is 0 Å². The molecule has 0 aliphatic heterocycles. The van der Waals surface area contributed by atoms with Crippen molar-refractivity contribution in [1.82, 2.24) is 0 Å². The van der Waals surface area contributed by atoms with E-state index in [9.17, 15) is 0 Å². The minimum absolute atomic E-state index is 0.893. The fourth-order valence-corrected chi connectivity index (χ4v) is 0.209. The minimum atomic E-state index is 0.893. The highest BCUT2D eigenvalue weighted by molar-refractivity contribution is 5.13. The molecule has 1 nitrogen and oxygen atoms in total. The summed E-state index contributed by atoms with van der Waals surface area (Å²) in [5.41, 5.74) is 4.99. The summed E-state index contributed by atoms with van der Waals surface area (Å²) >= 11 is 0. The first kappa shape index (κ1) is 6.10. The molecular weight excluding hydrogens is 86.1 g/mol. The van der Waals surface area contributed by atoms with E-state index in [1.807, 2.05) is 6.92 Å². The van der Waals surface area contributed by atoms with Crippen molar-refractivity contribution in [1.29, 1.82) is 0 Å². The van der Waals surface area contributed by atoms with Crippen molar-refractivity contribution >= 4 is 0 Å². The third-order valence-electron chi connectivity index (χ3n) is 0.458. The van der Waals surface area contributed by atoms with Crippen molar-refractivity contribution in [2.45, 2.75) is 13.3 Å². The molecule has 0 fully saturated rings. The van der Waals surface area contributed by atoms with E-state index in [0.717, 1.165) is 6.42 Å². The zero-order chi connectivity index (χ0) is 5.54. The molecular formula is C6H9N. The second-order valence-corrected chi connectivity index (χ2v) is 1.03. The molecule has 0 saturated heterocycles. The first-order valence-electron chi connectivity index (χ1n) is 2.27. The summed E-state index contributed by atoms with van der Waals surface area (Å²) in [6.45, 7) is 2.00. The van der Waals surface area contributed by atoms with Gasteiger partial charge in [0.05, 0.1) is 0 Å². The van der Waals surface area contributed by atoms with Crippen molar-refractivity contribution in [3.05, 3.63) is 12.3 Å². The Hall–Kier alpha value is -0.900. The Labute approximate surface area is 44.2 Å². The highest BCUT2D eigenvalue weighted by Gasteiger charge is 1.54. The van der Waals surface area contributed by atoms with Crippen LogP contribution in [-0.4, -0.2) is 0 Å². The number of nitrogens with two attached hydrogens (primary N) is 1. The molecule has 0 spiro atoms. The molecule has 0 aromatic heterocycles. The van der Waals surface area contributed by atoms with Crippen molar-refractivity contribution in [2.24, 2.45) is 5.73 Å². The lowest BCUT2D eigenvalue weighted by Crippen LogP contribution is -1.72. The van der Waals surface area contributed by atoms with Gasteiger partial charge in [-0.25, -0.2) is 0 Å². The summed E-state index contributed by atoms with van der Waals surface area (Å²) in [7, 11) is 0. The fraction of sp³-hybridized carbons (Fsp3) is 0.333. The van der Waals surface area contributed by atoms with Crippen LogP contribution in [0, 0.1) is 11.8 Å². The Morgan fingerprint density at radius 2 is 2.43 bits per heavy atom. The van der Waals surface area contributed by atoms with Gasteiger partial charge in [-0.15, -0.1) is 0 Å². The fourth-order valence-electron chi connectivity index (χ4n) is 0.209. The average Bonchev–Trinajstić information content (AvgIpc) is 1.69. The molecule has 0 amide bonds. The third kappa shape index (κ3) is 5.10. The summed E-state index contributed by atoms with van der Waals surface area (Å²) in [6, 6.07) is 0. The van der Waals surface area contributed by atoms with Gasteiger partial charge in [0.15, 0.2) is 0 Å². The minimum Gasteiger partial charge on any atom is -0.404 e. The topological polar surface area (TPSA) is 26.0 Å². The Bertz CT molecular complexity index is 103. The van der Waals surface area contributed by atoms with Crippen LogP contribution in [0.2, 0.25) is 0 Å². The molecule has 0 aliphatic carbocycles. The van der Waals surface area contributed by atoms with Crippen LogP contribution in [0.4, 0.5) is 0 Å². The summed E-state index contributed by atoms with van der Waals surface area (Å²) < 4.78 is 0. The predicted molar refractivity (Wildman–Crippen MR) is 31.4 cm³/mol. The second-order valence-electron chi connectivity index (χ2n) is 1.03. The molecule has 0 atom stereocenters. The molecule has 0 bridgehead atoms. The van der Waals surface area contributed by atoms with Crippen molar-refractivity contribution in [2.75, 3.05) is 0 Å². The zero-order valence-corrected chi connectivity index (χ0v) is 4.44. The smallest absolute Gasteiger partial charge is 0.00638 e. The maximum absolute atomic E-state index is 4.99. The quantitative estimate of drug-likeness (QED) is 0.444. The summed E-state index contributed by atoms with van der Waals surface area (Å²) in [6.07, 6.45) is 3.95. The Morgan fingerprint density at radius 1 is 1.71 bits per heavy atom. The van der Waals surface area contributed by atoms with Crippen LogP contribution in [-0.2, 0) is 0 Å². The van der Waals surface area contributed by atoms with Gasteiger partial charge < -0.3 is 5.73 Å². The number of allylic oxidation sites excluding steroid dienone is 1. The van der Waals surface area contributed by atoms with Gasteiger partial charge in [0.2, 0.25) is 0 Å². The molecule has 0 aliphatic rings. The van der Waals surface area contributed by atoms with Crippen molar-refractivity contribution in [3.63, 3.8) is 0 Å². The summed E-state index contributed by atoms with van der Waals surface area (Å²) in [5, 5.41) is 0. The maximum atomic E-state index is 4.99. The van der Waals surface area contributed by atoms with Gasteiger partial charge in [-0.3, -0.25) is 0 Å². The van der Waals surface area contributed by atoms with Crippen LogP contribution in [0.3, 0.4) is 0 Å². The average molecular weight is 95.1 g/mol. The molecule has 0 heterocycles. The molecule has 0 rings (SSSR count). The lowest BCUT2D eigenvalue weighted by molar-refractivity contribution is 1.28. The van der Waals surface area contributed by atoms with Crippen LogP contribution >= 0.6 is 0 Å². The van der Waals surface area contributed by atoms with Gasteiger partial charge in [-0.2, -0.15) is 0 Å². The molecule has 7 heavy (non-hydrogen) atoms. The van der Waals surface area contributed by atoms with E-state index in [1.165, 1.54) is 6.20 Å². The molecule has 0 unspecified atom stereocenters. The largest absolute Gasteiger partial charge is 0.404 e. The standard InChI is InChI=1S/C6H9N/c1-2-3-4-5-6-7/h5-6H,2,7H2,1H3/b6-5+. The SMILES string of the molecule is CCC#C/C=C/N. The summed E-state index contributed by atoms with van der Waals surface area (Å²) in [4.78, 5) is 0. The lowest BCUT2D eigenvalue weighted by atomic mass is 10.5. The number of rotatable bonds is 0. The van der Waals surface area contributed by atoms with Crippen LogP contribution in [0.1, 0.15) is 13.3 Å². The van der Waals surface area contributed by atoms with Crippen molar-refractivity contribution in [3.8, 4) is 11.8 Å². The highest BCUT2D eigenvalue weighted by atomic mass is 14.5. The Morgan fingerprint density at radius 3 is 2.86 bits per heavy atom. The van der Waals surface area contributed by atoms with Crippen molar-refractivity contribution < 1.29 is 0 Å². The molecule has 0 aromatic carbocycles. The predicted octanol–water partition coefficient (Wildman–Crippen LogP) is 0.872. The molecule has 0 saturated carbocycles. The van der Waals surface area contributed by atoms with E-state index >= 15 is 0 Å². The summed E-state index contributed by atoms with van der Waals surface area (Å²) in [5.74, 6) is 5.56. The monoisotopic (exact) mass is 95.1 g/mol. The van der Waals surface area contributed by atoms with Crippen LogP contribution in [0.5, 0.6) is 0 Å². The van der Waals surface area contributed by atoms with E-state index in [-0.39, 0.29) is 0 Å². The maximum Gasteiger partial charge on any atom is 0.00638 e. The van der Waals surface area contributed by atoms with E-state index in [4.69, 9.17) is 5.73 Å². The van der Waals surface area contributed by atoms with Crippen LogP contribution < -0.4 is 5.73 Å². The van der Waals surface area contributed by atoms with Gasteiger partial charge in [-0.1, -0.05) is 18.8 Å². The molecule has 0 aromatic rings. The Kier molecular flexibility index (Phi) is 4.44. The van der Waals surface area contributed by atoms with E-state index in [2.05, 4.69) is 11.8 Å². The molecule has 2 N–H and O–H groups in total. The first-order chi connectivity index (χ1) is 3.41. The van der Waals surface area contributed by atoms with Gasteiger partial charge in [0.1, 0.15) is 0 Å². The van der Waals surface area contributed by atoms with Gasteiger partial charge >= 0.3 is 0 Å². The van der Waals surface area contributed by atoms with E-state index in [0.29, 0.717) is 0 Å². The highest BCUT2D eigenvalue weighted by Crippen LogP contribution is 1.66. The zero-order valence-electron chi connectivity index (χ0n) is 4.44. The molecule has 38 valence electrons. The number of hydrogen-bond donors (Lipinski definition) is 1. The molecule has 0 radical (unpaired) electrons. The van der Waals surface area contributed by atoms with Crippen LogP contribution in [0.15, 0.2) is 12.3 Å². The normalized spacial score (nSPS) is 8.14. The van der Waals surface area contributed by atoms with Gasteiger partial charge in [-0.05, 0) is 0 Å². The van der Waals surface area contributed by atoms with E-state index in [1.54, 1.807) is 6.08 Å². The number of hydrogen-bond acceptors (Lipinski definition) is 1.